The van der Waals surface area contributed by atoms with Crippen LogP contribution in [-0.4, -0.2) is 37.0 Å². The minimum atomic E-state index is -4.29. The Morgan fingerprint density at radius 3 is 2.65 bits per heavy atom. The van der Waals surface area contributed by atoms with Gasteiger partial charge in [-0.3, -0.25) is 4.98 Å². The van der Waals surface area contributed by atoms with Crippen molar-refractivity contribution in [1.82, 2.24) is 10.3 Å². The molecule has 7 heteroatoms. The van der Waals surface area contributed by atoms with Crippen molar-refractivity contribution in [3.63, 3.8) is 0 Å². The molecule has 1 aliphatic carbocycles. The van der Waals surface area contributed by atoms with E-state index in [4.69, 9.17) is 4.74 Å². The first-order valence-corrected chi connectivity index (χ1v) is 6.48. The van der Waals surface area contributed by atoms with Crippen LogP contribution in [0.5, 0.6) is 5.75 Å². The van der Waals surface area contributed by atoms with E-state index in [0.717, 1.165) is 12.2 Å². The summed E-state index contributed by atoms with van der Waals surface area (Å²) in [5, 5.41) is 3.34. The van der Waals surface area contributed by atoms with Crippen LogP contribution in [0.15, 0.2) is 18.3 Å². The second kappa shape index (κ2) is 6.90. The number of aromatic nitrogens is 1. The van der Waals surface area contributed by atoms with Crippen LogP contribution in [0.3, 0.4) is 0 Å². The van der Waals surface area contributed by atoms with Crippen molar-refractivity contribution in [2.24, 2.45) is 0 Å². The maximum atomic E-state index is 11.8. The normalized spacial score (nSPS) is 15.3. The predicted molar refractivity (Wildman–Crippen MR) is 66.5 cm³/mol. The molecular weight excluding hydrogens is 273 g/mol. The number of alkyl halides is 3. The van der Waals surface area contributed by atoms with Crippen molar-refractivity contribution in [2.75, 3.05) is 19.8 Å². The summed E-state index contributed by atoms with van der Waals surface area (Å²) in [6.45, 7) is -0.568. The minimum absolute atomic E-state index is 0.0669. The molecule has 0 bridgehead atoms. The molecular formula is C13H17F3N2O2. The average molecular weight is 290 g/mol. The lowest BCUT2D eigenvalue weighted by Crippen LogP contribution is -2.19. The van der Waals surface area contributed by atoms with E-state index in [-0.39, 0.29) is 13.2 Å². The maximum absolute atomic E-state index is 11.8. The van der Waals surface area contributed by atoms with Gasteiger partial charge in [-0.2, -0.15) is 13.2 Å². The van der Waals surface area contributed by atoms with Crippen LogP contribution in [0.4, 0.5) is 13.2 Å². The zero-order valence-corrected chi connectivity index (χ0v) is 10.9. The number of hydrogen-bond acceptors (Lipinski definition) is 4. The Morgan fingerprint density at radius 1 is 1.25 bits per heavy atom. The van der Waals surface area contributed by atoms with Crippen LogP contribution in [0.2, 0.25) is 0 Å². The standard InChI is InChI=1S/C13H17F3N2O2/c14-13(15,16)9-19-5-6-20-12-4-3-11(18-8-12)7-17-10-1-2-10/h3-4,8,10,17H,1-2,5-7,9H2. The third-order valence-electron chi connectivity index (χ3n) is 2.71. The average Bonchev–Trinajstić information content (AvgIpc) is 3.20. The van der Waals surface area contributed by atoms with Crippen LogP contribution >= 0.6 is 0 Å². The van der Waals surface area contributed by atoms with Crippen LogP contribution in [0.25, 0.3) is 0 Å². The van der Waals surface area contributed by atoms with Crippen LogP contribution in [0, 0.1) is 0 Å². The van der Waals surface area contributed by atoms with E-state index in [0.29, 0.717) is 11.8 Å². The molecule has 0 spiro atoms. The molecule has 0 unspecified atom stereocenters. The number of halogens is 3. The molecule has 2 rings (SSSR count). The van der Waals surface area contributed by atoms with Crippen LogP contribution in [-0.2, 0) is 11.3 Å². The van der Waals surface area contributed by atoms with Crippen molar-refractivity contribution in [3.05, 3.63) is 24.0 Å². The topological polar surface area (TPSA) is 43.4 Å². The number of nitrogens with zero attached hydrogens (tertiary/aromatic N) is 1. The SMILES string of the molecule is FC(F)(F)COCCOc1ccc(CNC2CC2)nc1. The zero-order valence-electron chi connectivity index (χ0n) is 10.9. The first-order valence-electron chi connectivity index (χ1n) is 6.48. The number of hydrogen-bond donors (Lipinski definition) is 1. The van der Waals surface area contributed by atoms with Gasteiger partial charge in [0.05, 0.1) is 18.5 Å². The number of ether oxygens (including phenoxy) is 2. The number of nitrogens with one attached hydrogen (secondary N) is 1. The second-order valence-corrected chi connectivity index (χ2v) is 4.66. The molecule has 0 saturated heterocycles. The largest absolute Gasteiger partial charge is 0.490 e. The van der Waals surface area contributed by atoms with Gasteiger partial charge in [0.2, 0.25) is 0 Å². The molecule has 4 nitrogen and oxygen atoms in total. The summed E-state index contributed by atoms with van der Waals surface area (Å²) in [6, 6.07) is 4.21. The predicted octanol–water partition coefficient (Wildman–Crippen LogP) is 2.29. The molecule has 1 heterocycles. The molecule has 0 radical (unpaired) electrons. The molecule has 1 fully saturated rings. The Balaban J connectivity index is 1.60. The molecule has 0 amide bonds. The molecule has 112 valence electrons. The van der Waals surface area contributed by atoms with Gasteiger partial charge in [0.25, 0.3) is 0 Å². The van der Waals surface area contributed by atoms with Crippen LogP contribution in [0.1, 0.15) is 18.5 Å². The Bertz CT molecular complexity index is 405. The smallest absolute Gasteiger partial charge is 0.411 e. The summed E-state index contributed by atoms with van der Waals surface area (Å²) < 4.78 is 45.1. The summed E-state index contributed by atoms with van der Waals surface area (Å²) >= 11 is 0. The van der Waals surface area contributed by atoms with Gasteiger partial charge in [-0.25, -0.2) is 0 Å². The van der Waals surface area contributed by atoms with Gasteiger partial charge in [-0.1, -0.05) is 0 Å². The monoisotopic (exact) mass is 290 g/mol. The van der Waals surface area contributed by atoms with E-state index in [1.807, 2.05) is 6.07 Å². The first-order chi connectivity index (χ1) is 9.53. The molecule has 1 N–H and O–H groups in total. The van der Waals surface area contributed by atoms with Gasteiger partial charge < -0.3 is 14.8 Å². The third-order valence-corrected chi connectivity index (χ3v) is 2.71. The van der Waals surface area contributed by atoms with Gasteiger partial charge in [0, 0.05) is 12.6 Å². The van der Waals surface area contributed by atoms with Gasteiger partial charge >= 0.3 is 6.18 Å². The molecule has 20 heavy (non-hydrogen) atoms. The highest BCUT2D eigenvalue weighted by atomic mass is 19.4. The maximum Gasteiger partial charge on any atom is 0.411 e. The lowest BCUT2D eigenvalue weighted by Gasteiger charge is -2.09. The van der Waals surface area contributed by atoms with E-state index in [1.54, 1.807) is 12.3 Å². The Morgan fingerprint density at radius 2 is 2.05 bits per heavy atom. The Kier molecular flexibility index (Phi) is 5.19. The fraction of sp³-hybridized carbons (Fsp3) is 0.615. The van der Waals surface area contributed by atoms with Gasteiger partial charge in [0.15, 0.2) is 0 Å². The quantitative estimate of drug-likeness (QED) is 0.746. The minimum Gasteiger partial charge on any atom is -0.490 e. The summed E-state index contributed by atoms with van der Waals surface area (Å²) in [4.78, 5) is 4.21. The summed E-state index contributed by atoms with van der Waals surface area (Å²) in [5.41, 5.74) is 0.914. The van der Waals surface area contributed by atoms with E-state index in [9.17, 15) is 13.2 Å². The van der Waals surface area contributed by atoms with Crippen LogP contribution < -0.4 is 10.1 Å². The Hall–Kier alpha value is -1.34. The fourth-order valence-electron chi connectivity index (χ4n) is 1.54. The second-order valence-electron chi connectivity index (χ2n) is 4.66. The van der Waals surface area contributed by atoms with E-state index in [1.165, 1.54) is 12.8 Å². The highest BCUT2D eigenvalue weighted by molar-refractivity contribution is 5.19. The van der Waals surface area contributed by atoms with E-state index < -0.39 is 12.8 Å². The molecule has 0 aliphatic heterocycles. The zero-order chi connectivity index (χ0) is 14.4. The van der Waals surface area contributed by atoms with Gasteiger partial charge in [-0.05, 0) is 25.0 Å². The van der Waals surface area contributed by atoms with E-state index >= 15 is 0 Å². The molecule has 1 aromatic rings. The first kappa shape index (κ1) is 15.1. The summed E-state index contributed by atoms with van der Waals surface area (Å²) in [7, 11) is 0. The molecule has 0 aromatic carbocycles. The van der Waals surface area contributed by atoms with Crippen molar-refractivity contribution >= 4 is 0 Å². The van der Waals surface area contributed by atoms with Crippen molar-refractivity contribution < 1.29 is 22.6 Å². The number of pyridine rings is 1. The van der Waals surface area contributed by atoms with Gasteiger partial charge in [-0.15, -0.1) is 0 Å². The highest BCUT2D eigenvalue weighted by Gasteiger charge is 2.27. The molecule has 1 saturated carbocycles. The van der Waals surface area contributed by atoms with Crippen molar-refractivity contribution in [1.29, 1.82) is 0 Å². The summed E-state index contributed by atoms with van der Waals surface area (Å²) in [6.07, 6.45) is -0.288. The van der Waals surface area contributed by atoms with Crippen molar-refractivity contribution in [3.8, 4) is 5.75 Å². The Labute approximate surface area is 115 Å². The molecule has 0 atom stereocenters. The summed E-state index contributed by atoms with van der Waals surface area (Å²) in [5.74, 6) is 0.524. The molecule has 1 aromatic heterocycles. The lowest BCUT2D eigenvalue weighted by molar-refractivity contribution is -0.175. The van der Waals surface area contributed by atoms with Crippen molar-refractivity contribution in [2.45, 2.75) is 31.6 Å². The van der Waals surface area contributed by atoms with E-state index in [2.05, 4.69) is 15.0 Å². The highest BCUT2D eigenvalue weighted by Crippen LogP contribution is 2.19. The number of rotatable bonds is 8. The third kappa shape index (κ3) is 6.21. The lowest BCUT2D eigenvalue weighted by atomic mass is 10.3. The molecule has 1 aliphatic rings. The van der Waals surface area contributed by atoms with Gasteiger partial charge in [0.1, 0.15) is 19.0 Å². The fourth-order valence-corrected chi connectivity index (χ4v) is 1.54.